The molecule has 0 aromatic heterocycles. The number of benzene rings is 1. The summed E-state index contributed by atoms with van der Waals surface area (Å²) in [5, 5.41) is 3.86. The molecule has 1 amide bonds. The molecule has 1 aromatic rings. The van der Waals surface area contributed by atoms with E-state index in [9.17, 15) is 4.79 Å². The number of amides is 1. The van der Waals surface area contributed by atoms with Gasteiger partial charge >= 0.3 is 6.09 Å². The Labute approximate surface area is 117 Å². The topological polar surface area (TPSA) is 38.3 Å². The van der Waals surface area contributed by atoms with Gasteiger partial charge < -0.3 is 10.1 Å². The first-order chi connectivity index (χ1) is 8.26. The van der Waals surface area contributed by atoms with Crippen LogP contribution in [0.4, 0.5) is 4.79 Å². The van der Waals surface area contributed by atoms with Crippen LogP contribution in [0, 0.1) is 0 Å². The van der Waals surface area contributed by atoms with Gasteiger partial charge in [0, 0.05) is 16.6 Å². The van der Waals surface area contributed by atoms with E-state index in [2.05, 4.69) is 5.32 Å². The third-order valence-electron chi connectivity index (χ3n) is 2.00. The molecule has 0 fully saturated rings. The van der Waals surface area contributed by atoms with E-state index in [1.54, 1.807) is 6.07 Å². The van der Waals surface area contributed by atoms with Gasteiger partial charge in [0.1, 0.15) is 5.60 Å². The molecule has 5 heteroatoms. The Balaban J connectivity index is 2.40. The van der Waals surface area contributed by atoms with Crippen LogP contribution in [0.1, 0.15) is 26.3 Å². The van der Waals surface area contributed by atoms with Crippen molar-refractivity contribution < 1.29 is 9.53 Å². The Bertz CT molecular complexity index is 407. The summed E-state index contributed by atoms with van der Waals surface area (Å²) in [6.45, 7) is 5.95. The van der Waals surface area contributed by atoms with E-state index in [1.807, 2.05) is 32.9 Å². The number of ether oxygens (including phenoxy) is 1. The van der Waals surface area contributed by atoms with Crippen molar-refractivity contribution in [2.45, 2.75) is 32.8 Å². The molecule has 0 saturated heterocycles. The van der Waals surface area contributed by atoms with Gasteiger partial charge in [-0.1, -0.05) is 23.2 Å². The summed E-state index contributed by atoms with van der Waals surface area (Å²) in [6.07, 6.45) is 0.232. The van der Waals surface area contributed by atoms with Gasteiger partial charge in [0.05, 0.1) is 0 Å². The second kappa shape index (κ2) is 6.30. The maximum absolute atomic E-state index is 11.4. The van der Waals surface area contributed by atoms with Crippen molar-refractivity contribution in [2.75, 3.05) is 6.54 Å². The highest BCUT2D eigenvalue weighted by atomic mass is 35.5. The van der Waals surface area contributed by atoms with Crippen LogP contribution in [0.5, 0.6) is 0 Å². The molecule has 0 aliphatic rings. The highest BCUT2D eigenvalue weighted by molar-refractivity contribution is 6.34. The quantitative estimate of drug-likeness (QED) is 0.911. The van der Waals surface area contributed by atoms with Crippen LogP contribution in [-0.4, -0.2) is 18.2 Å². The largest absolute Gasteiger partial charge is 0.444 e. The van der Waals surface area contributed by atoms with E-state index in [-0.39, 0.29) is 0 Å². The molecule has 0 bridgehead atoms. The van der Waals surface area contributed by atoms with Crippen LogP contribution in [0.15, 0.2) is 18.2 Å². The molecule has 0 radical (unpaired) electrons. The van der Waals surface area contributed by atoms with Gasteiger partial charge in [0.15, 0.2) is 0 Å². The SMILES string of the molecule is CC(C)(C)OC(=O)NCCc1cc(Cl)cc(Cl)c1. The summed E-state index contributed by atoms with van der Waals surface area (Å²) in [6, 6.07) is 5.32. The van der Waals surface area contributed by atoms with Crippen LogP contribution < -0.4 is 5.32 Å². The number of nitrogens with one attached hydrogen (secondary N) is 1. The number of alkyl carbamates (subject to hydrolysis) is 1. The first-order valence-corrected chi connectivity index (χ1v) is 6.44. The molecular weight excluding hydrogens is 273 g/mol. The highest BCUT2D eigenvalue weighted by Crippen LogP contribution is 2.19. The molecule has 0 aliphatic heterocycles. The lowest BCUT2D eigenvalue weighted by atomic mass is 10.1. The van der Waals surface area contributed by atoms with Gasteiger partial charge in [-0.25, -0.2) is 4.79 Å². The Hall–Kier alpha value is -0.930. The Kier molecular flexibility index (Phi) is 5.29. The van der Waals surface area contributed by atoms with E-state index in [1.165, 1.54) is 0 Å². The molecule has 0 unspecified atom stereocenters. The summed E-state index contributed by atoms with van der Waals surface area (Å²) in [5.41, 5.74) is 0.493. The van der Waals surface area contributed by atoms with E-state index < -0.39 is 11.7 Å². The number of hydrogen-bond acceptors (Lipinski definition) is 2. The lowest BCUT2D eigenvalue weighted by molar-refractivity contribution is 0.0528. The van der Waals surface area contributed by atoms with Crippen LogP contribution in [-0.2, 0) is 11.2 Å². The standard InChI is InChI=1S/C13H17Cl2NO2/c1-13(2,3)18-12(17)16-5-4-9-6-10(14)8-11(15)7-9/h6-8H,4-5H2,1-3H3,(H,16,17). The van der Waals surface area contributed by atoms with Gasteiger partial charge in [0.2, 0.25) is 0 Å². The second-order valence-corrected chi connectivity index (χ2v) is 5.83. The normalized spacial score (nSPS) is 11.2. The van der Waals surface area contributed by atoms with Gasteiger partial charge in [-0.15, -0.1) is 0 Å². The molecular formula is C13H17Cl2NO2. The molecule has 1 aromatic carbocycles. The van der Waals surface area contributed by atoms with Crippen LogP contribution in [0.3, 0.4) is 0 Å². The maximum Gasteiger partial charge on any atom is 0.407 e. The Morgan fingerprint density at radius 3 is 2.28 bits per heavy atom. The van der Waals surface area contributed by atoms with Gasteiger partial charge in [-0.3, -0.25) is 0 Å². The van der Waals surface area contributed by atoms with Crippen molar-refractivity contribution in [2.24, 2.45) is 0 Å². The van der Waals surface area contributed by atoms with Crippen molar-refractivity contribution >= 4 is 29.3 Å². The molecule has 3 nitrogen and oxygen atoms in total. The predicted octanol–water partition coefficient (Wildman–Crippen LogP) is 4.06. The average molecular weight is 290 g/mol. The van der Waals surface area contributed by atoms with E-state index >= 15 is 0 Å². The van der Waals surface area contributed by atoms with Crippen molar-refractivity contribution in [3.63, 3.8) is 0 Å². The first kappa shape index (κ1) is 15.1. The van der Waals surface area contributed by atoms with Gasteiger partial charge in [-0.2, -0.15) is 0 Å². The number of carbonyl (C=O) groups excluding carboxylic acids is 1. The summed E-state index contributed by atoms with van der Waals surface area (Å²) in [5.74, 6) is 0. The van der Waals surface area contributed by atoms with Crippen LogP contribution >= 0.6 is 23.2 Å². The number of halogens is 2. The fourth-order valence-electron chi connectivity index (χ4n) is 1.38. The minimum Gasteiger partial charge on any atom is -0.444 e. The minimum absolute atomic E-state index is 0.421. The molecule has 0 atom stereocenters. The molecule has 0 saturated carbocycles. The summed E-state index contributed by atoms with van der Waals surface area (Å²) in [7, 11) is 0. The van der Waals surface area contributed by atoms with Gasteiger partial charge in [0.25, 0.3) is 0 Å². The maximum atomic E-state index is 11.4. The van der Waals surface area contributed by atoms with Crippen molar-refractivity contribution in [1.82, 2.24) is 5.32 Å². The molecule has 1 N–H and O–H groups in total. The fourth-order valence-corrected chi connectivity index (χ4v) is 1.95. The smallest absolute Gasteiger partial charge is 0.407 e. The summed E-state index contributed by atoms with van der Waals surface area (Å²) >= 11 is 11.8. The third-order valence-corrected chi connectivity index (χ3v) is 2.44. The molecule has 0 aliphatic carbocycles. The Morgan fingerprint density at radius 1 is 1.22 bits per heavy atom. The average Bonchev–Trinajstić information content (AvgIpc) is 2.12. The second-order valence-electron chi connectivity index (χ2n) is 4.96. The zero-order chi connectivity index (χ0) is 13.8. The van der Waals surface area contributed by atoms with Crippen molar-refractivity contribution in [3.05, 3.63) is 33.8 Å². The molecule has 100 valence electrons. The molecule has 1 rings (SSSR count). The molecule has 0 heterocycles. The molecule has 18 heavy (non-hydrogen) atoms. The third kappa shape index (κ3) is 6.12. The zero-order valence-electron chi connectivity index (χ0n) is 10.7. The van der Waals surface area contributed by atoms with Crippen molar-refractivity contribution in [3.8, 4) is 0 Å². The van der Waals surface area contributed by atoms with Crippen LogP contribution in [0.25, 0.3) is 0 Å². The van der Waals surface area contributed by atoms with Gasteiger partial charge in [-0.05, 0) is 51.0 Å². The monoisotopic (exact) mass is 289 g/mol. The summed E-state index contributed by atoms with van der Waals surface area (Å²) in [4.78, 5) is 11.4. The number of hydrogen-bond donors (Lipinski definition) is 1. The zero-order valence-corrected chi connectivity index (χ0v) is 12.2. The lowest BCUT2D eigenvalue weighted by Gasteiger charge is -2.19. The van der Waals surface area contributed by atoms with Crippen molar-refractivity contribution in [1.29, 1.82) is 0 Å². The van der Waals surface area contributed by atoms with E-state index in [0.29, 0.717) is 23.0 Å². The Morgan fingerprint density at radius 2 is 1.78 bits per heavy atom. The number of carbonyl (C=O) groups is 1. The first-order valence-electron chi connectivity index (χ1n) is 5.68. The fraction of sp³-hybridized carbons (Fsp3) is 0.462. The van der Waals surface area contributed by atoms with E-state index in [0.717, 1.165) is 5.56 Å². The molecule has 0 spiro atoms. The highest BCUT2D eigenvalue weighted by Gasteiger charge is 2.15. The lowest BCUT2D eigenvalue weighted by Crippen LogP contribution is -2.33. The van der Waals surface area contributed by atoms with Crippen LogP contribution in [0.2, 0.25) is 10.0 Å². The predicted molar refractivity (Wildman–Crippen MR) is 74.4 cm³/mol. The van der Waals surface area contributed by atoms with E-state index in [4.69, 9.17) is 27.9 Å². The minimum atomic E-state index is -0.483. The number of rotatable bonds is 3. The summed E-state index contributed by atoms with van der Waals surface area (Å²) < 4.78 is 5.12.